The molecule has 2 fully saturated rings. The summed E-state index contributed by atoms with van der Waals surface area (Å²) in [5, 5.41) is 0. The molecule has 0 aliphatic carbocycles. The fourth-order valence-electron chi connectivity index (χ4n) is 2.37. The molecule has 1 spiro atoms. The van der Waals surface area contributed by atoms with E-state index in [1.807, 2.05) is 4.90 Å². The van der Waals surface area contributed by atoms with Crippen molar-refractivity contribution in [3.05, 3.63) is 0 Å². The minimum absolute atomic E-state index is 0.145. The van der Waals surface area contributed by atoms with Crippen LogP contribution in [0.2, 0.25) is 0 Å². The minimum Gasteiger partial charge on any atom is -0.368 e. The fourth-order valence-corrected chi connectivity index (χ4v) is 2.37. The lowest BCUT2D eigenvalue weighted by molar-refractivity contribution is -0.169. The summed E-state index contributed by atoms with van der Waals surface area (Å²) in [6.45, 7) is 2.85. The number of hydrogen-bond acceptors (Lipinski definition) is 8. The van der Waals surface area contributed by atoms with E-state index in [9.17, 15) is 0 Å². The first-order valence-electron chi connectivity index (χ1n) is 5.97. The number of anilines is 3. The smallest absolute Gasteiger partial charge is 0.231 e. The van der Waals surface area contributed by atoms with E-state index in [2.05, 4.69) is 15.0 Å². The van der Waals surface area contributed by atoms with E-state index in [1.54, 1.807) is 0 Å². The largest absolute Gasteiger partial charge is 0.368 e. The van der Waals surface area contributed by atoms with E-state index in [1.165, 1.54) is 0 Å². The third-order valence-corrected chi connectivity index (χ3v) is 3.28. The first-order chi connectivity index (χ1) is 8.67. The van der Waals surface area contributed by atoms with Gasteiger partial charge in [-0.3, -0.25) is 0 Å². The molecule has 0 aromatic carbocycles. The Morgan fingerprint density at radius 3 is 2.06 bits per heavy atom. The maximum atomic E-state index is 5.66. The molecule has 2 aliphatic rings. The van der Waals surface area contributed by atoms with Gasteiger partial charge in [-0.15, -0.1) is 0 Å². The Kier molecular flexibility index (Phi) is 2.67. The summed E-state index contributed by atoms with van der Waals surface area (Å²) >= 11 is 0. The Labute approximate surface area is 104 Å². The molecular weight excluding hydrogens is 236 g/mol. The monoisotopic (exact) mass is 252 g/mol. The highest BCUT2D eigenvalue weighted by Crippen LogP contribution is 2.32. The van der Waals surface area contributed by atoms with E-state index in [-0.39, 0.29) is 11.9 Å². The number of nitrogens with zero attached hydrogens (tertiary/aromatic N) is 4. The van der Waals surface area contributed by atoms with E-state index < -0.39 is 5.79 Å². The van der Waals surface area contributed by atoms with Gasteiger partial charge in [-0.1, -0.05) is 0 Å². The highest BCUT2D eigenvalue weighted by molar-refractivity contribution is 5.40. The molecule has 0 radical (unpaired) electrons. The van der Waals surface area contributed by atoms with Gasteiger partial charge in [0.25, 0.3) is 0 Å². The van der Waals surface area contributed by atoms with Crippen LogP contribution in [0.1, 0.15) is 12.8 Å². The second-order valence-corrected chi connectivity index (χ2v) is 4.45. The molecule has 98 valence electrons. The molecule has 8 heteroatoms. The van der Waals surface area contributed by atoms with Gasteiger partial charge >= 0.3 is 0 Å². The van der Waals surface area contributed by atoms with Crippen molar-refractivity contribution in [2.24, 2.45) is 0 Å². The summed E-state index contributed by atoms with van der Waals surface area (Å²) < 4.78 is 11.3. The van der Waals surface area contributed by atoms with Gasteiger partial charge in [-0.05, 0) is 0 Å². The van der Waals surface area contributed by atoms with Gasteiger partial charge in [-0.2, -0.15) is 15.0 Å². The molecule has 0 amide bonds. The van der Waals surface area contributed by atoms with E-state index >= 15 is 0 Å². The molecular formula is C10H16N6O2. The topological polar surface area (TPSA) is 112 Å². The molecule has 0 unspecified atom stereocenters. The van der Waals surface area contributed by atoms with E-state index in [0.29, 0.717) is 19.2 Å². The first kappa shape index (κ1) is 11.4. The van der Waals surface area contributed by atoms with Gasteiger partial charge < -0.3 is 25.8 Å². The summed E-state index contributed by atoms with van der Waals surface area (Å²) in [4.78, 5) is 14.0. The normalized spacial score (nSPS) is 22.6. The van der Waals surface area contributed by atoms with Crippen LogP contribution in [0.25, 0.3) is 0 Å². The van der Waals surface area contributed by atoms with Gasteiger partial charge in [0.15, 0.2) is 5.79 Å². The van der Waals surface area contributed by atoms with Crippen LogP contribution in [0.15, 0.2) is 0 Å². The zero-order valence-corrected chi connectivity index (χ0v) is 10.0. The summed E-state index contributed by atoms with van der Waals surface area (Å²) in [7, 11) is 0. The first-order valence-corrected chi connectivity index (χ1v) is 5.97. The average Bonchev–Trinajstić information content (AvgIpc) is 2.77. The quantitative estimate of drug-likeness (QED) is 0.680. The third kappa shape index (κ3) is 2.04. The highest BCUT2D eigenvalue weighted by Gasteiger charge is 2.40. The molecule has 8 nitrogen and oxygen atoms in total. The zero-order chi connectivity index (χ0) is 12.6. The Hall–Kier alpha value is -1.67. The second-order valence-electron chi connectivity index (χ2n) is 4.45. The van der Waals surface area contributed by atoms with Crippen molar-refractivity contribution in [3.8, 4) is 0 Å². The van der Waals surface area contributed by atoms with Gasteiger partial charge in [-0.25, -0.2) is 0 Å². The van der Waals surface area contributed by atoms with Gasteiger partial charge in [0, 0.05) is 25.9 Å². The van der Waals surface area contributed by atoms with Gasteiger partial charge in [0.05, 0.1) is 13.2 Å². The van der Waals surface area contributed by atoms with E-state index in [0.717, 1.165) is 25.9 Å². The summed E-state index contributed by atoms with van der Waals surface area (Å²) in [5.41, 5.74) is 11.1. The molecule has 4 N–H and O–H groups in total. The average molecular weight is 252 g/mol. The van der Waals surface area contributed by atoms with Gasteiger partial charge in [0.1, 0.15) is 0 Å². The van der Waals surface area contributed by atoms with Crippen LogP contribution >= 0.6 is 0 Å². The zero-order valence-electron chi connectivity index (χ0n) is 10.0. The lowest BCUT2D eigenvalue weighted by Crippen LogP contribution is -2.45. The van der Waals surface area contributed by atoms with Crippen LogP contribution in [-0.2, 0) is 9.47 Å². The van der Waals surface area contributed by atoms with Crippen molar-refractivity contribution in [1.29, 1.82) is 0 Å². The van der Waals surface area contributed by atoms with Crippen molar-refractivity contribution >= 4 is 17.8 Å². The molecule has 1 aromatic rings. The number of rotatable bonds is 1. The van der Waals surface area contributed by atoms with E-state index in [4.69, 9.17) is 20.9 Å². The Balaban J connectivity index is 1.72. The van der Waals surface area contributed by atoms with Crippen LogP contribution in [0.3, 0.4) is 0 Å². The molecule has 0 atom stereocenters. The number of hydrogen-bond donors (Lipinski definition) is 2. The van der Waals surface area contributed by atoms with Crippen LogP contribution in [0.4, 0.5) is 17.8 Å². The van der Waals surface area contributed by atoms with Gasteiger partial charge in [0.2, 0.25) is 17.8 Å². The number of ether oxygens (including phenoxy) is 2. The Morgan fingerprint density at radius 1 is 0.944 bits per heavy atom. The molecule has 2 aliphatic heterocycles. The Bertz CT molecular complexity index is 418. The van der Waals surface area contributed by atoms with Crippen molar-refractivity contribution in [3.63, 3.8) is 0 Å². The van der Waals surface area contributed by atoms with Crippen molar-refractivity contribution in [2.75, 3.05) is 42.7 Å². The van der Waals surface area contributed by atoms with Crippen LogP contribution in [0.5, 0.6) is 0 Å². The molecule has 3 rings (SSSR count). The standard InChI is InChI=1S/C10H16N6O2/c11-7-13-8(12)15-9(14-7)16-3-1-10(2-4-16)17-5-6-18-10/h1-6H2,(H4,11,12,13,14,15). The number of nitrogens with two attached hydrogens (primary N) is 2. The summed E-state index contributed by atoms with van der Waals surface area (Å²) in [5.74, 6) is 0.408. The van der Waals surface area contributed by atoms with Crippen molar-refractivity contribution < 1.29 is 9.47 Å². The number of piperidine rings is 1. The lowest BCUT2D eigenvalue weighted by atomic mass is 10.0. The molecule has 0 bridgehead atoms. The maximum Gasteiger partial charge on any atom is 0.231 e. The molecule has 3 heterocycles. The predicted octanol–water partition coefficient (Wildman–Crippen LogP) is -0.621. The molecule has 0 saturated carbocycles. The number of aromatic nitrogens is 3. The minimum atomic E-state index is -0.402. The summed E-state index contributed by atoms with van der Waals surface area (Å²) in [6, 6.07) is 0. The second kappa shape index (κ2) is 4.21. The number of nitrogen functional groups attached to an aromatic ring is 2. The van der Waals surface area contributed by atoms with Crippen molar-refractivity contribution in [1.82, 2.24) is 15.0 Å². The Morgan fingerprint density at radius 2 is 1.50 bits per heavy atom. The van der Waals surface area contributed by atoms with Crippen molar-refractivity contribution in [2.45, 2.75) is 18.6 Å². The molecule has 18 heavy (non-hydrogen) atoms. The third-order valence-electron chi connectivity index (χ3n) is 3.28. The maximum absolute atomic E-state index is 5.66. The van der Waals surface area contributed by atoms with Crippen LogP contribution in [0, 0.1) is 0 Å². The van der Waals surface area contributed by atoms with Crippen LogP contribution in [-0.4, -0.2) is 47.0 Å². The SMILES string of the molecule is Nc1nc(N)nc(N2CCC3(CC2)OCCO3)n1. The highest BCUT2D eigenvalue weighted by atomic mass is 16.7. The molecule has 2 saturated heterocycles. The predicted molar refractivity (Wildman–Crippen MR) is 64.7 cm³/mol. The van der Waals surface area contributed by atoms with Crippen LogP contribution < -0.4 is 16.4 Å². The molecule has 1 aromatic heterocycles. The fraction of sp³-hybridized carbons (Fsp3) is 0.700. The summed E-state index contributed by atoms with van der Waals surface area (Å²) in [6.07, 6.45) is 1.58. The lowest BCUT2D eigenvalue weighted by Gasteiger charge is -2.37.